The molecular weight excluding hydrogens is 446 g/mol. The summed E-state index contributed by atoms with van der Waals surface area (Å²) in [5.41, 5.74) is 0.947. The van der Waals surface area contributed by atoms with Crippen LogP contribution in [0.5, 0.6) is 0 Å². The fourth-order valence-corrected chi connectivity index (χ4v) is 5.00. The van der Waals surface area contributed by atoms with Gasteiger partial charge in [-0.3, -0.25) is 4.79 Å². The monoisotopic (exact) mass is 467 g/mol. The number of carbonyl (C=O) groups is 1. The predicted octanol–water partition coefficient (Wildman–Crippen LogP) is 3.63. The van der Waals surface area contributed by atoms with Crippen LogP contribution < -0.4 is 4.90 Å². The molecule has 1 aliphatic heterocycles. The highest BCUT2D eigenvalue weighted by molar-refractivity contribution is 7.91. The Bertz CT molecular complexity index is 1350. The van der Waals surface area contributed by atoms with Crippen LogP contribution in [0.1, 0.15) is 16.1 Å². The van der Waals surface area contributed by atoms with Crippen LogP contribution in [0.15, 0.2) is 84.2 Å². The molecule has 0 unspecified atom stereocenters. The van der Waals surface area contributed by atoms with Gasteiger partial charge in [-0.05, 0) is 43.3 Å². The third kappa shape index (κ3) is 3.93. The fraction of sp³-hybridized carbons (Fsp3) is 0.217. The molecule has 10 heteroatoms. The lowest BCUT2D eigenvalue weighted by molar-refractivity contribution is 0.0713. The molecule has 0 spiro atoms. The lowest BCUT2D eigenvalue weighted by atomic mass is 10.2. The van der Waals surface area contributed by atoms with E-state index in [0.29, 0.717) is 31.9 Å². The predicted molar refractivity (Wildman–Crippen MR) is 118 cm³/mol. The van der Waals surface area contributed by atoms with Crippen molar-refractivity contribution in [2.75, 3.05) is 31.1 Å². The maximum Gasteiger partial charge on any atom is 0.289 e. The van der Waals surface area contributed by atoms with E-state index < -0.39 is 9.84 Å². The van der Waals surface area contributed by atoms with Gasteiger partial charge in [0.2, 0.25) is 20.7 Å². The molecule has 0 atom stereocenters. The topological polar surface area (TPSA) is 110 Å². The molecule has 4 aromatic rings. The molecule has 1 aliphatic rings. The molecule has 0 bridgehead atoms. The molecule has 0 saturated carbocycles. The number of anilines is 1. The van der Waals surface area contributed by atoms with Crippen molar-refractivity contribution in [2.45, 2.75) is 16.8 Å². The molecule has 1 saturated heterocycles. The number of hydrogen-bond donors (Lipinski definition) is 0. The Morgan fingerprint density at radius 3 is 2.27 bits per heavy atom. The molecular formula is C23H21N3O6S. The summed E-state index contributed by atoms with van der Waals surface area (Å²) in [5, 5.41) is -0.177. The number of furan rings is 2. The highest BCUT2D eigenvalue weighted by Gasteiger charge is 2.34. The van der Waals surface area contributed by atoms with Gasteiger partial charge in [0.1, 0.15) is 0 Å². The van der Waals surface area contributed by atoms with E-state index in [4.69, 9.17) is 13.3 Å². The van der Waals surface area contributed by atoms with Crippen LogP contribution in [0.3, 0.4) is 0 Å². The van der Waals surface area contributed by atoms with E-state index in [9.17, 15) is 13.2 Å². The largest absolute Gasteiger partial charge is 0.459 e. The summed E-state index contributed by atoms with van der Waals surface area (Å²) < 4.78 is 43.4. The van der Waals surface area contributed by atoms with Crippen molar-refractivity contribution in [3.05, 3.63) is 72.4 Å². The molecule has 33 heavy (non-hydrogen) atoms. The number of hydrogen-bond acceptors (Lipinski definition) is 8. The Kier molecular flexibility index (Phi) is 5.29. The molecule has 0 N–H and O–H groups in total. The van der Waals surface area contributed by atoms with Crippen molar-refractivity contribution in [3.63, 3.8) is 0 Å². The molecule has 9 nitrogen and oxygen atoms in total. The fourth-order valence-electron chi connectivity index (χ4n) is 3.68. The van der Waals surface area contributed by atoms with Gasteiger partial charge in [0.05, 0.1) is 17.4 Å². The number of amides is 1. The minimum absolute atomic E-state index is 0.0785. The maximum atomic E-state index is 13.5. The number of aryl methyl sites for hydroxylation is 1. The van der Waals surface area contributed by atoms with E-state index in [0.717, 1.165) is 5.56 Å². The van der Waals surface area contributed by atoms with Crippen LogP contribution in [-0.2, 0) is 9.84 Å². The molecule has 1 fully saturated rings. The Hall–Kier alpha value is -3.79. The van der Waals surface area contributed by atoms with Crippen molar-refractivity contribution in [2.24, 2.45) is 0 Å². The first kappa shape index (κ1) is 21.1. The Labute approximate surface area is 190 Å². The second kappa shape index (κ2) is 8.28. The third-order valence-corrected chi connectivity index (χ3v) is 7.15. The molecule has 0 radical (unpaired) electrons. The number of carbonyl (C=O) groups excluding carboxylic acids is 1. The Morgan fingerprint density at radius 2 is 1.64 bits per heavy atom. The minimum atomic E-state index is -3.96. The normalized spacial score (nSPS) is 14.6. The second-order valence-electron chi connectivity index (χ2n) is 7.68. The third-order valence-electron chi connectivity index (χ3n) is 5.48. The molecule has 170 valence electrons. The van der Waals surface area contributed by atoms with Crippen LogP contribution in [0.4, 0.5) is 5.88 Å². The van der Waals surface area contributed by atoms with Crippen molar-refractivity contribution in [3.8, 4) is 11.7 Å². The van der Waals surface area contributed by atoms with Crippen molar-refractivity contribution in [1.82, 2.24) is 9.88 Å². The van der Waals surface area contributed by atoms with Gasteiger partial charge in [-0.25, -0.2) is 8.42 Å². The number of rotatable bonds is 5. The average Bonchev–Trinajstić information content (AvgIpc) is 3.60. The summed E-state index contributed by atoms with van der Waals surface area (Å²) in [6.07, 6.45) is 2.92. The number of oxazole rings is 1. The van der Waals surface area contributed by atoms with E-state index in [1.807, 2.05) is 6.92 Å². The zero-order valence-corrected chi connectivity index (χ0v) is 18.6. The summed E-state index contributed by atoms with van der Waals surface area (Å²) in [6.45, 7) is 3.38. The highest BCUT2D eigenvalue weighted by Crippen LogP contribution is 2.35. The van der Waals surface area contributed by atoms with Crippen LogP contribution >= 0.6 is 0 Å². The summed E-state index contributed by atoms with van der Waals surface area (Å²) in [4.78, 5) is 20.4. The Balaban J connectivity index is 1.47. The van der Waals surface area contributed by atoms with Crippen LogP contribution in [0, 0.1) is 6.92 Å². The van der Waals surface area contributed by atoms with E-state index >= 15 is 0 Å². The van der Waals surface area contributed by atoms with Crippen molar-refractivity contribution >= 4 is 21.6 Å². The summed E-state index contributed by atoms with van der Waals surface area (Å²) in [5.74, 6) is 0.599. The lowest BCUT2D eigenvalue weighted by Crippen LogP contribution is -2.49. The van der Waals surface area contributed by atoms with E-state index in [1.54, 1.807) is 58.3 Å². The summed E-state index contributed by atoms with van der Waals surface area (Å²) in [6, 6.07) is 13.2. The van der Waals surface area contributed by atoms with E-state index in [-0.39, 0.29) is 33.4 Å². The summed E-state index contributed by atoms with van der Waals surface area (Å²) in [7, 11) is -3.96. The van der Waals surface area contributed by atoms with E-state index in [1.165, 1.54) is 12.5 Å². The maximum absolute atomic E-state index is 13.5. The van der Waals surface area contributed by atoms with Gasteiger partial charge in [0, 0.05) is 26.2 Å². The smallest absolute Gasteiger partial charge is 0.289 e. The average molecular weight is 468 g/mol. The van der Waals surface area contributed by atoms with Gasteiger partial charge in [-0.15, -0.1) is 0 Å². The van der Waals surface area contributed by atoms with Crippen molar-refractivity contribution in [1.29, 1.82) is 0 Å². The number of piperazine rings is 1. The highest BCUT2D eigenvalue weighted by atomic mass is 32.2. The quantitative estimate of drug-likeness (QED) is 0.438. The first-order valence-electron chi connectivity index (χ1n) is 10.4. The standard InChI is InChI=1S/C23H21N3O6S/c1-16-6-8-17(9-7-16)33(28,29)21-23(32-20(24-21)18-4-2-14-30-18)26-12-10-25(11-13-26)22(27)19-5-3-15-31-19/h2-9,14-15H,10-13H2,1H3. The van der Waals surface area contributed by atoms with Gasteiger partial charge in [-0.1, -0.05) is 17.7 Å². The van der Waals surface area contributed by atoms with Crippen LogP contribution in [-0.4, -0.2) is 50.4 Å². The first-order valence-corrected chi connectivity index (χ1v) is 11.9. The number of nitrogens with zero attached hydrogens (tertiary/aromatic N) is 3. The SMILES string of the molecule is Cc1ccc(S(=O)(=O)c2nc(-c3ccco3)oc2N2CCN(C(=O)c3ccco3)CC2)cc1. The van der Waals surface area contributed by atoms with Gasteiger partial charge in [-0.2, -0.15) is 4.98 Å². The van der Waals surface area contributed by atoms with Crippen LogP contribution in [0.25, 0.3) is 11.7 Å². The molecule has 1 amide bonds. The lowest BCUT2D eigenvalue weighted by Gasteiger charge is -2.34. The number of benzene rings is 1. The van der Waals surface area contributed by atoms with Crippen molar-refractivity contribution < 1.29 is 26.5 Å². The molecule has 4 heterocycles. The number of aromatic nitrogens is 1. The number of sulfone groups is 1. The minimum Gasteiger partial charge on any atom is -0.459 e. The first-order chi connectivity index (χ1) is 15.9. The van der Waals surface area contributed by atoms with Crippen LogP contribution in [0.2, 0.25) is 0 Å². The zero-order chi connectivity index (χ0) is 23.0. The van der Waals surface area contributed by atoms with E-state index in [2.05, 4.69) is 4.98 Å². The van der Waals surface area contributed by atoms with Gasteiger partial charge >= 0.3 is 0 Å². The Morgan fingerprint density at radius 1 is 0.939 bits per heavy atom. The van der Waals surface area contributed by atoms with Gasteiger partial charge < -0.3 is 23.1 Å². The summed E-state index contributed by atoms with van der Waals surface area (Å²) >= 11 is 0. The molecule has 5 rings (SSSR count). The molecule has 1 aromatic carbocycles. The van der Waals surface area contributed by atoms with Gasteiger partial charge in [0.25, 0.3) is 11.8 Å². The molecule has 3 aromatic heterocycles. The molecule has 0 aliphatic carbocycles. The zero-order valence-electron chi connectivity index (χ0n) is 17.8. The second-order valence-corrected chi connectivity index (χ2v) is 9.54. The van der Waals surface area contributed by atoms with Gasteiger partial charge in [0.15, 0.2) is 11.5 Å².